The highest BCUT2D eigenvalue weighted by Crippen LogP contribution is 2.27. The maximum Gasteiger partial charge on any atom is 0.257 e. The van der Waals surface area contributed by atoms with E-state index in [0.717, 1.165) is 24.3 Å². The van der Waals surface area contributed by atoms with E-state index in [2.05, 4.69) is 36.3 Å². The first-order chi connectivity index (χ1) is 13.3. The normalized spacial score (nSPS) is 20.8. The number of rotatable bonds is 6. The monoisotopic (exact) mass is 422 g/mol. The Morgan fingerprint density at radius 3 is 2.43 bits per heavy atom. The standard InChI is InChI=1S/C19H26N4O3S2/c1-4-5-17-21-22-19(27-17)20-18(24)15-6-8-16(9-7-15)28(25,26)23-11-13(2)10-14(3)12-23/h6-9,13-14H,4-5,10-12H2,1-3H3,(H,20,22,24). The van der Waals surface area contributed by atoms with Crippen LogP contribution in [0.5, 0.6) is 0 Å². The molecule has 1 aliphatic rings. The van der Waals surface area contributed by atoms with Crippen LogP contribution in [0.15, 0.2) is 29.2 Å². The quantitative estimate of drug-likeness (QED) is 0.770. The maximum atomic E-state index is 12.9. The molecule has 1 saturated heterocycles. The Hall–Kier alpha value is -1.84. The van der Waals surface area contributed by atoms with Crippen molar-refractivity contribution in [3.63, 3.8) is 0 Å². The number of benzene rings is 1. The topological polar surface area (TPSA) is 92.3 Å². The fourth-order valence-corrected chi connectivity index (χ4v) is 6.03. The van der Waals surface area contributed by atoms with Gasteiger partial charge in [-0.2, -0.15) is 4.31 Å². The molecule has 28 heavy (non-hydrogen) atoms. The number of nitrogens with one attached hydrogen (secondary N) is 1. The van der Waals surface area contributed by atoms with Crippen LogP contribution in [0, 0.1) is 11.8 Å². The van der Waals surface area contributed by atoms with Gasteiger partial charge in [0.15, 0.2) is 0 Å². The summed E-state index contributed by atoms with van der Waals surface area (Å²) in [5.41, 5.74) is 0.381. The molecule has 1 fully saturated rings. The van der Waals surface area contributed by atoms with Crippen LogP contribution in [-0.4, -0.2) is 41.9 Å². The molecule has 3 rings (SSSR count). The van der Waals surface area contributed by atoms with Crippen LogP contribution in [0.25, 0.3) is 0 Å². The first-order valence-corrected chi connectivity index (χ1v) is 11.8. The number of amides is 1. The van der Waals surface area contributed by atoms with Crippen molar-refractivity contribution in [3.05, 3.63) is 34.8 Å². The number of carbonyl (C=O) groups excluding carboxylic acids is 1. The van der Waals surface area contributed by atoms with Crippen molar-refractivity contribution in [2.75, 3.05) is 18.4 Å². The largest absolute Gasteiger partial charge is 0.296 e. The minimum atomic E-state index is -3.55. The van der Waals surface area contributed by atoms with Crippen LogP contribution in [-0.2, 0) is 16.4 Å². The number of hydrogen-bond donors (Lipinski definition) is 1. The van der Waals surface area contributed by atoms with Crippen molar-refractivity contribution in [1.82, 2.24) is 14.5 Å². The highest BCUT2D eigenvalue weighted by molar-refractivity contribution is 7.89. The van der Waals surface area contributed by atoms with Crippen LogP contribution in [0.2, 0.25) is 0 Å². The van der Waals surface area contributed by atoms with Gasteiger partial charge in [0.05, 0.1) is 4.90 Å². The molecular weight excluding hydrogens is 396 g/mol. The van der Waals surface area contributed by atoms with Crippen LogP contribution in [0.4, 0.5) is 5.13 Å². The minimum absolute atomic E-state index is 0.214. The summed E-state index contributed by atoms with van der Waals surface area (Å²) in [4.78, 5) is 12.6. The smallest absolute Gasteiger partial charge is 0.257 e. The molecule has 0 radical (unpaired) electrons. The lowest BCUT2D eigenvalue weighted by molar-refractivity contribution is 0.102. The summed E-state index contributed by atoms with van der Waals surface area (Å²) in [5.74, 6) is 0.351. The molecular formula is C19H26N4O3S2. The molecule has 1 aliphatic heterocycles. The third kappa shape index (κ3) is 4.76. The summed E-state index contributed by atoms with van der Waals surface area (Å²) >= 11 is 1.35. The SMILES string of the molecule is CCCc1nnc(NC(=O)c2ccc(S(=O)(=O)N3CC(C)CC(C)C3)cc2)s1. The van der Waals surface area contributed by atoms with Crippen LogP contribution < -0.4 is 5.32 Å². The van der Waals surface area contributed by atoms with Crippen molar-refractivity contribution in [3.8, 4) is 0 Å². The molecule has 2 atom stereocenters. The molecule has 0 spiro atoms. The number of sulfonamides is 1. The molecule has 2 aromatic rings. The Balaban J connectivity index is 1.70. The van der Waals surface area contributed by atoms with Crippen LogP contribution >= 0.6 is 11.3 Å². The molecule has 1 amide bonds. The van der Waals surface area contributed by atoms with Crippen LogP contribution in [0.1, 0.15) is 49.0 Å². The van der Waals surface area contributed by atoms with Crippen LogP contribution in [0.3, 0.4) is 0 Å². The summed E-state index contributed by atoms with van der Waals surface area (Å²) in [5, 5.41) is 12.0. The fraction of sp³-hybridized carbons (Fsp3) is 0.526. The van der Waals surface area contributed by atoms with E-state index in [1.54, 1.807) is 4.31 Å². The summed E-state index contributed by atoms with van der Waals surface area (Å²) in [6, 6.07) is 6.06. The first kappa shape index (κ1) is 20.9. The minimum Gasteiger partial charge on any atom is -0.296 e. The van der Waals surface area contributed by atoms with E-state index in [1.807, 2.05) is 0 Å². The Bertz CT molecular complexity index is 915. The Morgan fingerprint density at radius 2 is 1.82 bits per heavy atom. The van der Waals surface area contributed by atoms with Gasteiger partial charge in [0.25, 0.3) is 5.91 Å². The van der Waals surface area contributed by atoms with E-state index in [1.165, 1.54) is 35.6 Å². The molecule has 152 valence electrons. The molecule has 1 N–H and O–H groups in total. The molecule has 0 aliphatic carbocycles. The molecule has 9 heteroatoms. The third-order valence-corrected chi connectivity index (χ3v) is 7.49. The second-order valence-corrected chi connectivity index (χ2v) is 10.5. The van der Waals surface area contributed by atoms with E-state index >= 15 is 0 Å². The van der Waals surface area contributed by atoms with Gasteiger partial charge in [-0.15, -0.1) is 10.2 Å². The molecule has 2 heterocycles. The summed E-state index contributed by atoms with van der Waals surface area (Å²) in [6.07, 6.45) is 2.83. The number of carbonyl (C=O) groups is 1. The predicted octanol–water partition coefficient (Wildman–Crippen LogP) is 3.41. The molecule has 1 aromatic heterocycles. The lowest BCUT2D eigenvalue weighted by Crippen LogP contribution is -2.42. The van der Waals surface area contributed by atoms with E-state index in [4.69, 9.17) is 0 Å². The summed E-state index contributed by atoms with van der Waals surface area (Å²) < 4.78 is 27.4. The number of nitrogens with zero attached hydrogens (tertiary/aromatic N) is 3. The van der Waals surface area contributed by atoms with Gasteiger partial charge < -0.3 is 0 Å². The lowest BCUT2D eigenvalue weighted by atomic mass is 9.94. The summed E-state index contributed by atoms with van der Waals surface area (Å²) in [7, 11) is -3.55. The van der Waals surface area contributed by atoms with E-state index in [9.17, 15) is 13.2 Å². The average Bonchev–Trinajstić information content (AvgIpc) is 3.08. The van der Waals surface area contributed by atoms with Gasteiger partial charge >= 0.3 is 0 Å². The zero-order chi connectivity index (χ0) is 20.3. The third-order valence-electron chi connectivity index (χ3n) is 4.74. The highest BCUT2D eigenvalue weighted by atomic mass is 32.2. The van der Waals surface area contributed by atoms with Gasteiger partial charge in [-0.3, -0.25) is 10.1 Å². The van der Waals surface area contributed by atoms with Crippen molar-refractivity contribution < 1.29 is 13.2 Å². The van der Waals surface area contributed by atoms with Gasteiger partial charge in [0, 0.05) is 25.1 Å². The fourth-order valence-electron chi connectivity index (χ4n) is 3.52. The van der Waals surface area contributed by atoms with Gasteiger partial charge in [-0.25, -0.2) is 8.42 Å². The van der Waals surface area contributed by atoms with Crippen molar-refractivity contribution >= 4 is 32.4 Å². The lowest BCUT2D eigenvalue weighted by Gasteiger charge is -2.34. The van der Waals surface area contributed by atoms with E-state index < -0.39 is 10.0 Å². The Kier molecular flexibility index (Phi) is 6.47. The highest BCUT2D eigenvalue weighted by Gasteiger charge is 2.31. The second kappa shape index (κ2) is 8.67. The summed E-state index contributed by atoms with van der Waals surface area (Å²) in [6.45, 7) is 7.27. The van der Waals surface area contributed by atoms with Gasteiger partial charge in [0.2, 0.25) is 15.2 Å². The first-order valence-electron chi connectivity index (χ1n) is 9.53. The van der Waals surface area contributed by atoms with Gasteiger partial charge in [-0.1, -0.05) is 32.1 Å². The molecule has 0 saturated carbocycles. The van der Waals surface area contributed by atoms with E-state index in [0.29, 0.717) is 35.6 Å². The predicted molar refractivity (Wildman–Crippen MR) is 110 cm³/mol. The van der Waals surface area contributed by atoms with Gasteiger partial charge in [-0.05, 0) is 48.9 Å². The number of hydrogen-bond acceptors (Lipinski definition) is 6. The van der Waals surface area contributed by atoms with E-state index in [-0.39, 0.29) is 10.8 Å². The molecule has 0 bridgehead atoms. The Labute approximate surface area is 170 Å². The molecule has 2 unspecified atom stereocenters. The van der Waals surface area contributed by atoms with Crippen molar-refractivity contribution in [2.24, 2.45) is 11.8 Å². The zero-order valence-corrected chi connectivity index (χ0v) is 18.0. The number of aryl methyl sites for hydroxylation is 1. The van der Waals surface area contributed by atoms with Gasteiger partial charge in [0.1, 0.15) is 5.01 Å². The molecule has 7 nitrogen and oxygen atoms in total. The maximum absolute atomic E-state index is 12.9. The number of anilines is 1. The molecule has 1 aromatic carbocycles. The number of piperidine rings is 1. The zero-order valence-electron chi connectivity index (χ0n) is 16.4. The van der Waals surface area contributed by atoms with Crippen molar-refractivity contribution in [1.29, 1.82) is 0 Å². The average molecular weight is 423 g/mol. The van der Waals surface area contributed by atoms with Crippen molar-refractivity contribution in [2.45, 2.75) is 44.9 Å². The second-order valence-electron chi connectivity index (χ2n) is 7.50. The number of aromatic nitrogens is 2. The Morgan fingerprint density at radius 1 is 1.18 bits per heavy atom.